The van der Waals surface area contributed by atoms with Gasteiger partial charge in [-0.25, -0.2) is 9.97 Å². The second kappa shape index (κ2) is 7.72. The molecule has 3 aliphatic rings. The van der Waals surface area contributed by atoms with Crippen LogP contribution < -0.4 is 15.5 Å². The van der Waals surface area contributed by atoms with Crippen molar-refractivity contribution >= 4 is 17.3 Å². The predicted octanol–water partition coefficient (Wildman–Crippen LogP) is 3.77. The van der Waals surface area contributed by atoms with Crippen LogP contribution in [-0.2, 0) is 19.1 Å². The zero-order valence-electron chi connectivity index (χ0n) is 18.1. The van der Waals surface area contributed by atoms with E-state index in [-0.39, 0.29) is 5.41 Å². The molecule has 0 radical (unpaired) electrons. The zero-order valence-corrected chi connectivity index (χ0v) is 18.1. The highest BCUT2D eigenvalue weighted by molar-refractivity contribution is 6.11. The zero-order chi connectivity index (χ0) is 22.5. The Kier molecular flexibility index (Phi) is 5.11. The molecule has 32 heavy (non-hydrogen) atoms. The molecule has 0 atom stereocenters. The Morgan fingerprint density at radius 3 is 2.66 bits per heavy atom. The first-order chi connectivity index (χ1) is 15.3. The second-order valence-electron chi connectivity index (χ2n) is 9.26. The minimum atomic E-state index is -4.34. The Morgan fingerprint density at radius 2 is 1.94 bits per heavy atom. The number of hydrogen-bond donors (Lipinski definition) is 1. The largest absolute Gasteiger partial charge is 0.416 e. The van der Waals surface area contributed by atoms with Gasteiger partial charge >= 0.3 is 6.18 Å². The number of alkyl halides is 3. The lowest BCUT2D eigenvalue weighted by Crippen LogP contribution is -2.42. The van der Waals surface area contributed by atoms with Crippen molar-refractivity contribution in [2.75, 3.05) is 36.0 Å². The minimum absolute atomic E-state index is 0.185. The average Bonchev–Trinajstić information content (AvgIpc) is 3.21. The highest BCUT2D eigenvalue weighted by atomic mass is 19.4. The van der Waals surface area contributed by atoms with Crippen LogP contribution in [0.3, 0.4) is 0 Å². The molecule has 1 fully saturated rings. The maximum Gasteiger partial charge on any atom is 0.416 e. The normalized spacial score (nSPS) is 20.1. The molecule has 1 aromatic heterocycles. The molecule has 0 bridgehead atoms. The van der Waals surface area contributed by atoms with E-state index in [0.717, 1.165) is 61.3 Å². The molecule has 9 heteroatoms. The lowest BCUT2D eigenvalue weighted by atomic mass is 9.80. The van der Waals surface area contributed by atoms with E-state index in [1.54, 1.807) is 12.3 Å². The van der Waals surface area contributed by atoms with Crippen LogP contribution >= 0.6 is 0 Å². The Hall–Kier alpha value is -2.68. The number of aliphatic imine (C=N–C) groups is 1. The summed E-state index contributed by atoms with van der Waals surface area (Å²) in [6.45, 7) is 5.85. The van der Waals surface area contributed by atoms with E-state index in [2.05, 4.69) is 16.8 Å². The standard InChI is InChI=1S/C23H27F3N6/c1-22(14-27)6-9-31(10-7-22)19-13-28-20-17(30-19)12-29-21(20)32-8-2-3-15-11-16(23(24,25)26)4-5-18(15)32/h4-5,11,13H,2-3,6-10,12,14,27H2,1H3. The van der Waals surface area contributed by atoms with Gasteiger partial charge in [-0.3, -0.25) is 4.99 Å². The van der Waals surface area contributed by atoms with E-state index in [0.29, 0.717) is 37.5 Å². The van der Waals surface area contributed by atoms with Gasteiger partial charge in [-0.2, -0.15) is 13.2 Å². The summed E-state index contributed by atoms with van der Waals surface area (Å²) < 4.78 is 39.4. The number of rotatable bonds is 2. The number of hydrogen-bond acceptors (Lipinski definition) is 6. The Morgan fingerprint density at radius 1 is 1.16 bits per heavy atom. The summed E-state index contributed by atoms with van der Waals surface area (Å²) in [5.41, 5.74) is 8.52. The molecule has 5 rings (SSSR count). The molecular weight excluding hydrogens is 417 g/mol. The van der Waals surface area contributed by atoms with Crippen LogP contribution in [0.15, 0.2) is 29.4 Å². The molecule has 3 aliphatic heterocycles. The summed E-state index contributed by atoms with van der Waals surface area (Å²) in [6.07, 6.45) is 0.886. The van der Waals surface area contributed by atoms with Crippen molar-refractivity contribution in [3.05, 3.63) is 46.9 Å². The molecule has 6 nitrogen and oxygen atoms in total. The predicted molar refractivity (Wildman–Crippen MR) is 118 cm³/mol. The first-order valence-corrected chi connectivity index (χ1v) is 11.1. The molecule has 0 saturated carbocycles. The third-order valence-electron chi connectivity index (χ3n) is 6.99. The van der Waals surface area contributed by atoms with Gasteiger partial charge in [0, 0.05) is 25.3 Å². The number of anilines is 2. The molecular formula is C23H27F3N6. The summed E-state index contributed by atoms with van der Waals surface area (Å²) >= 11 is 0. The van der Waals surface area contributed by atoms with Gasteiger partial charge in [0.25, 0.3) is 0 Å². The van der Waals surface area contributed by atoms with Crippen molar-refractivity contribution in [1.82, 2.24) is 9.97 Å². The van der Waals surface area contributed by atoms with Crippen molar-refractivity contribution in [2.45, 2.75) is 45.3 Å². The van der Waals surface area contributed by atoms with Crippen LogP contribution in [0.5, 0.6) is 0 Å². The van der Waals surface area contributed by atoms with Gasteiger partial charge in [0.15, 0.2) is 5.84 Å². The topological polar surface area (TPSA) is 70.6 Å². The number of fused-ring (bicyclic) bond motifs is 2. The summed E-state index contributed by atoms with van der Waals surface area (Å²) in [4.78, 5) is 18.5. The third-order valence-corrected chi connectivity index (χ3v) is 6.99. The van der Waals surface area contributed by atoms with Gasteiger partial charge in [-0.1, -0.05) is 6.92 Å². The maximum atomic E-state index is 13.1. The minimum Gasteiger partial charge on any atom is -0.355 e. The first kappa shape index (κ1) is 21.2. The molecule has 2 aromatic rings. The van der Waals surface area contributed by atoms with E-state index < -0.39 is 11.7 Å². The number of aryl methyl sites for hydroxylation is 1. The SMILES string of the molecule is CC1(CN)CCN(c2cnc3c(n2)CN=C3N2CCCc3cc(C(F)(F)F)ccc32)CC1. The Bertz CT molecular complexity index is 1060. The molecule has 170 valence electrons. The van der Waals surface area contributed by atoms with Crippen LogP contribution in [0, 0.1) is 5.41 Å². The summed E-state index contributed by atoms with van der Waals surface area (Å²) in [7, 11) is 0. The fourth-order valence-corrected chi connectivity index (χ4v) is 4.78. The van der Waals surface area contributed by atoms with E-state index in [9.17, 15) is 13.2 Å². The van der Waals surface area contributed by atoms with Crippen molar-refractivity contribution in [3.8, 4) is 0 Å². The molecule has 4 heterocycles. The molecule has 0 aliphatic carbocycles. The highest BCUT2D eigenvalue weighted by Crippen LogP contribution is 2.37. The van der Waals surface area contributed by atoms with Crippen LogP contribution in [0.25, 0.3) is 0 Å². The summed E-state index contributed by atoms with van der Waals surface area (Å²) in [5.74, 6) is 1.56. The third kappa shape index (κ3) is 3.72. The highest BCUT2D eigenvalue weighted by Gasteiger charge is 2.34. The van der Waals surface area contributed by atoms with Crippen molar-refractivity contribution in [1.29, 1.82) is 0 Å². The van der Waals surface area contributed by atoms with Gasteiger partial charge < -0.3 is 15.5 Å². The lowest BCUT2D eigenvalue weighted by molar-refractivity contribution is -0.137. The monoisotopic (exact) mass is 444 g/mol. The van der Waals surface area contributed by atoms with Gasteiger partial charge in [-0.15, -0.1) is 0 Å². The Balaban J connectivity index is 1.38. The number of aromatic nitrogens is 2. The fraction of sp³-hybridized carbons (Fsp3) is 0.522. The van der Waals surface area contributed by atoms with Crippen LogP contribution in [0.2, 0.25) is 0 Å². The smallest absolute Gasteiger partial charge is 0.355 e. The number of halogens is 3. The summed E-state index contributed by atoms with van der Waals surface area (Å²) in [6, 6.07) is 3.97. The van der Waals surface area contributed by atoms with Crippen LogP contribution in [-0.4, -0.2) is 42.0 Å². The van der Waals surface area contributed by atoms with Gasteiger partial charge in [0.2, 0.25) is 0 Å². The van der Waals surface area contributed by atoms with E-state index in [1.807, 2.05) is 4.90 Å². The number of benzene rings is 1. The van der Waals surface area contributed by atoms with Crippen LogP contribution in [0.4, 0.5) is 24.7 Å². The summed E-state index contributed by atoms with van der Waals surface area (Å²) in [5, 5.41) is 0. The van der Waals surface area contributed by atoms with Crippen molar-refractivity contribution in [3.63, 3.8) is 0 Å². The maximum absolute atomic E-state index is 13.1. The molecule has 1 aromatic carbocycles. The van der Waals surface area contributed by atoms with E-state index >= 15 is 0 Å². The molecule has 2 N–H and O–H groups in total. The lowest BCUT2D eigenvalue weighted by Gasteiger charge is -2.39. The van der Waals surface area contributed by atoms with Crippen LogP contribution in [0.1, 0.15) is 48.7 Å². The second-order valence-corrected chi connectivity index (χ2v) is 9.26. The molecule has 0 unspecified atom stereocenters. The molecule has 0 spiro atoms. The van der Waals surface area contributed by atoms with E-state index in [4.69, 9.17) is 15.7 Å². The van der Waals surface area contributed by atoms with Gasteiger partial charge in [0.1, 0.15) is 11.5 Å². The molecule has 1 saturated heterocycles. The number of piperidine rings is 1. The number of nitrogens with two attached hydrogens (primary N) is 1. The quantitative estimate of drug-likeness (QED) is 0.764. The number of amidine groups is 1. The first-order valence-electron chi connectivity index (χ1n) is 11.1. The Labute approximate surface area is 185 Å². The number of nitrogens with zero attached hydrogens (tertiary/aromatic N) is 5. The fourth-order valence-electron chi connectivity index (χ4n) is 4.78. The van der Waals surface area contributed by atoms with Crippen molar-refractivity contribution < 1.29 is 13.2 Å². The molecule has 0 amide bonds. The van der Waals surface area contributed by atoms with Gasteiger partial charge in [0.05, 0.1) is 24.0 Å². The van der Waals surface area contributed by atoms with E-state index in [1.165, 1.54) is 6.07 Å². The van der Waals surface area contributed by atoms with Gasteiger partial charge in [-0.05, 0) is 61.4 Å². The van der Waals surface area contributed by atoms with Crippen molar-refractivity contribution in [2.24, 2.45) is 16.1 Å². The average molecular weight is 445 g/mol.